The minimum Gasteiger partial charge on any atom is -0.465 e. The maximum atomic E-state index is 15.2. The van der Waals surface area contributed by atoms with Gasteiger partial charge in [0.15, 0.2) is 24.8 Å². The monoisotopic (exact) mass is 1400 g/mol. The quantitative estimate of drug-likeness (QED) is 0.00987. The van der Waals surface area contributed by atoms with Crippen LogP contribution in [0.1, 0.15) is 68.4 Å². The molecule has 100 heavy (non-hydrogen) atoms. The predicted molar refractivity (Wildman–Crippen MR) is 340 cm³/mol. The smallest absolute Gasteiger partial charge is 0.465 e. The molecule has 0 aromatic heterocycles. The van der Waals surface area contributed by atoms with Gasteiger partial charge in [-0.05, 0) is 39.8 Å². The van der Waals surface area contributed by atoms with Crippen LogP contribution in [-0.4, -0.2) is 185 Å². The number of carbonyl (C=O) groups is 6. The van der Waals surface area contributed by atoms with Crippen LogP contribution in [-0.2, 0) is 138 Å². The molecule has 0 radical (unpaired) electrons. The van der Waals surface area contributed by atoms with Crippen molar-refractivity contribution in [2.75, 3.05) is 40.1 Å². The van der Waals surface area contributed by atoms with Crippen LogP contribution in [0, 0.1) is 0 Å². The Balaban J connectivity index is 1.33. The number of amides is 1. The minimum atomic E-state index is -5.68. The number of nitrogens with zero attached hydrogens (tertiary/aromatic N) is 3. The maximum absolute atomic E-state index is 15.2. The van der Waals surface area contributed by atoms with Gasteiger partial charge in [0, 0.05) is 45.8 Å². The molecular formula is C70H81F3N4O23. The molecule has 0 unspecified atom stereocenters. The van der Waals surface area contributed by atoms with Crippen LogP contribution in [0.2, 0.25) is 0 Å². The van der Waals surface area contributed by atoms with E-state index in [0.717, 1.165) is 45.9 Å². The number of hydrogen-bond acceptors (Lipinski definition) is 24. The van der Waals surface area contributed by atoms with E-state index < -0.39 is 159 Å². The van der Waals surface area contributed by atoms with E-state index in [0.29, 0.717) is 16.7 Å². The normalized spacial score (nSPS) is 25.8. The number of alkyl halides is 3. The number of benzene rings is 5. The van der Waals surface area contributed by atoms with E-state index in [1.807, 2.05) is 91.0 Å². The van der Waals surface area contributed by atoms with Crippen LogP contribution in [0.3, 0.4) is 0 Å². The molecule has 30 heteroatoms. The number of methoxy groups -OCH3 is 1. The molecule has 5 aromatic rings. The molecular weight excluding hydrogens is 1320 g/mol. The number of azide groups is 1. The molecule has 0 bridgehead atoms. The molecule has 3 aliphatic heterocycles. The Kier molecular flexibility index (Phi) is 29.7. The first-order valence-corrected chi connectivity index (χ1v) is 32.1. The van der Waals surface area contributed by atoms with Gasteiger partial charge in [0.05, 0.1) is 65.8 Å². The summed E-state index contributed by atoms with van der Waals surface area (Å²) in [6.45, 7) is 1.32. The van der Waals surface area contributed by atoms with E-state index in [-0.39, 0.29) is 59.2 Å². The summed E-state index contributed by atoms with van der Waals surface area (Å²) in [5.74, 6) is -12.0. The Morgan fingerprint density at radius 3 is 1.57 bits per heavy atom. The summed E-state index contributed by atoms with van der Waals surface area (Å²) >= 11 is 0. The van der Waals surface area contributed by atoms with Gasteiger partial charge in [-0.2, -0.15) is 13.2 Å². The van der Waals surface area contributed by atoms with E-state index in [2.05, 4.69) is 10.0 Å². The van der Waals surface area contributed by atoms with Crippen LogP contribution in [0.5, 0.6) is 0 Å². The number of aliphatic hydroxyl groups is 1. The van der Waals surface area contributed by atoms with E-state index >= 15 is 4.79 Å². The fourth-order valence-electron chi connectivity index (χ4n) is 11.4. The third-order valence-electron chi connectivity index (χ3n) is 15.9. The van der Waals surface area contributed by atoms with Crippen molar-refractivity contribution in [3.63, 3.8) is 0 Å². The number of esters is 5. The van der Waals surface area contributed by atoms with Crippen molar-refractivity contribution in [2.24, 2.45) is 5.11 Å². The first-order chi connectivity index (χ1) is 48.1. The fourth-order valence-corrected chi connectivity index (χ4v) is 11.4. The van der Waals surface area contributed by atoms with Gasteiger partial charge in [0.2, 0.25) is 0 Å². The molecule has 1 amide bonds. The molecule has 27 nitrogen and oxygen atoms in total. The molecule has 0 spiro atoms. The van der Waals surface area contributed by atoms with Crippen LogP contribution >= 0.6 is 0 Å². The Morgan fingerprint density at radius 2 is 1.10 bits per heavy atom. The second kappa shape index (κ2) is 38.4. The molecule has 16 atom stereocenters. The average molecular weight is 1400 g/mol. The van der Waals surface area contributed by atoms with Crippen LogP contribution < -0.4 is 5.32 Å². The Morgan fingerprint density at radius 1 is 0.620 bits per heavy atom. The summed E-state index contributed by atoms with van der Waals surface area (Å²) in [6.07, 6.45) is -31.5. The number of ether oxygens (including phenoxy) is 16. The van der Waals surface area contributed by atoms with E-state index in [1.165, 1.54) is 0 Å². The van der Waals surface area contributed by atoms with E-state index in [4.69, 9.17) is 81.3 Å². The van der Waals surface area contributed by atoms with Crippen molar-refractivity contribution < 1.29 is 123 Å². The summed E-state index contributed by atoms with van der Waals surface area (Å²) in [7, 11) is 0.859. The first-order valence-electron chi connectivity index (χ1n) is 32.1. The Hall–Kier alpha value is -8.46. The summed E-state index contributed by atoms with van der Waals surface area (Å²) < 4.78 is 146. The summed E-state index contributed by atoms with van der Waals surface area (Å²) in [4.78, 5) is 83.2. The third kappa shape index (κ3) is 22.8. The van der Waals surface area contributed by atoms with Crippen molar-refractivity contribution >= 4 is 35.8 Å². The largest absolute Gasteiger partial charge is 0.471 e. The van der Waals surface area contributed by atoms with E-state index in [9.17, 15) is 42.3 Å². The molecule has 0 saturated carbocycles. The highest BCUT2D eigenvalue weighted by Crippen LogP contribution is 2.43. The van der Waals surface area contributed by atoms with Crippen molar-refractivity contribution in [2.45, 2.75) is 177 Å². The van der Waals surface area contributed by atoms with Crippen LogP contribution in [0.15, 0.2) is 157 Å². The molecule has 8 rings (SSSR count). The second-order valence-corrected chi connectivity index (χ2v) is 23.4. The topological polar surface area (TPSA) is 331 Å². The summed E-state index contributed by atoms with van der Waals surface area (Å²) in [5, 5.41) is 18.6. The fraction of sp³-hybridized carbons (Fsp3) is 0.486. The molecule has 3 saturated heterocycles. The number of rotatable bonds is 35. The average Bonchev–Trinajstić information content (AvgIpc) is 0.745. The van der Waals surface area contributed by atoms with Crippen LogP contribution in [0.25, 0.3) is 10.4 Å². The first kappa shape index (κ1) is 77.3. The third-order valence-corrected chi connectivity index (χ3v) is 15.9. The standard InChI is InChI=1S/C70H81F3N4O23/c1-43(78)89-42-55(94-45(3)80)58(95-46(4)81)60-56(76-67(83)70(71,72)73)52(93-44(2)79)34-69(99-60,68(84)85-5)100-61-57(82)53(40-86-35-47-22-11-6-12-23-47)96-66(63(61)91-38-50-28-17-9-18-29-50)98-59-54(41-87-36-48-24-13-7-14-25-48)97-65(88-33-21-32-75-77-74)64(92-39-51-30-19-10-20-31-51)62(59)90-37-49-26-15-8-16-27-49/h6-20,22-31,52-66,82H,21,32-42H2,1-5H3,(H,76,83)/t52-,53+,54+,55+,56+,57-,58+,59+,60+,61-,62-,63+,64+,65+,66-,69-/m0/s1. The second-order valence-electron chi connectivity index (χ2n) is 23.4. The predicted octanol–water partition coefficient (Wildman–Crippen LogP) is 7.54. The zero-order valence-corrected chi connectivity index (χ0v) is 55.5. The van der Waals surface area contributed by atoms with Gasteiger partial charge in [-0.3, -0.25) is 24.0 Å². The lowest BCUT2D eigenvalue weighted by molar-refractivity contribution is -0.395. The van der Waals surface area contributed by atoms with Gasteiger partial charge in [-0.15, -0.1) is 0 Å². The van der Waals surface area contributed by atoms with E-state index in [1.54, 1.807) is 66.0 Å². The van der Waals surface area contributed by atoms with Gasteiger partial charge in [-0.1, -0.05) is 157 Å². The molecule has 3 heterocycles. The van der Waals surface area contributed by atoms with Gasteiger partial charge in [-0.25, -0.2) is 4.79 Å². The molecule has 540 valence electrons. The van der Waals surface area contributed by atoms with Crippen molar-refractivity contribution in [3.05, 3.63) is 190 Å². The van der Waals surface area contributed by atoms with Gasteiger partial charge >= 0.3 is 41.9 Å². The van der Waals surface area contributed by atoms with Gasteiger partial charge in [0.25, 0.3) is 5.79 Å². The number of hydrogen-bond donors (Lipinski definition) is 2. The number of carbonyl (C=O) groups excluding carboxylic acids is 6. The summed E-state index contributed by atoms with van der Waals surface area (Å²) in [5.41, 5.74) is 12.6. The molecule has 3 aliphatic rings. The van der Waals surface area contributed by atoms with Crippen molar-refractivity contribution in [1.82, 2.24) is 5.32 Å². The van der Waals surface area contributed by atoms with Crippen molar-refractivity contribution in [3.8, 4) is 0 Å². The number of nitrogens with one attached hydrogen (secondary N) is 1. The zero-order valence-electron chi connectivity index (χ0n) is 55.5. The lowest BCUT2D eigenvalue weighted by Crippen LogP contribution is -2.72. The Labute approximate surface area is 574 Å². The minimum absolute atomic E-state index is 0.0109. The highest BCUT2D eigenvalue weighted by atomic mass is 19.4. The van der Waals surface area contributed by atoms with Gasteiger partial charge < -0.3 is 86.2 Å². The molecule has 0 aliphatic carbocycles. The number of aliphatic hydroxyl groups excluding tert-OH is 1. The molecule has 2 N–H and O–H groups in total. The zero-order chi connectivity index (χ0) is 71.6. The molecule has 5 aromatic carbocycles. The van der Waals surface area contributed by atoms with Gasteiger partial charge in [0.1, 0.15) is 67.6 Å². The lowest BCUT2D eigenvalue weighted by atomic mass is 9.87. The van der Waals surface area contributed by atoms with Crippen molar-refractivity contribution in [1.29, 1.82) is 0 Å². The maximum Gasteiger partial charge on any atom is 0.471 e. The van der Waals surface area contributed by atoms with Crippen LogP contribution in [0.4, 0.5) is 13.2 Å². The highest BCUT2D eigenvalue weighted by molar-refractivity contribution is 5.82. The highest BCUT2D eigenvalue weighted by Gasteiger charge is 2.64. The molecule has 3 fully saturated rings. The summed E-state index contributed by atoms with van der Waals surface area (Å²) in [6, 6.07) is 42.6. The SMILES string of the molecule is COC(=O)[C@@]1(O[C@H]2[C@@H](O)[C@@H](COCc3ccccc3)O[C@@H](O[C@H]3[C@H](OCc4ccccc4)[C@@H](OCc4ccccc4)[C@H](OCCCN=[N+]=[N-])O[C@@H]3COCc3ccccc3)[C@@H]2OCc2ccccc2)C[C@H](OC(C)=O)[C@@H](NC(=O)C(F)(F)F)[C@H]([C@H](OC(C)=O)[C@@H](COC(C)=O)OC(C)=O)O1. The Bertz CT molecular complexity index is 3430. The lowest BCUT2D eigenvalue weighted by Gasteiger charge is -2.52. The number of halogens is 3.